The first-order chi connectivity index (χ1) is 9.63. The van der Waals surface area contributed by atoms with E-state index in [4.69, 9.17) is 5.26 Å². The van der Waals surface area contributed by atoms with Crippen LogP contribution in [0.4, 0.5) is 11.6 Å². The summed E-state index contributed by atoms with van der Waals surface area (Å²) in [5.41, 5.74) is 3.79. The third-order valence-corrected chi connectivity index (χ3v) is 2.69. The van der Waals surface area contributed by atoms with Gasteiger partial charge in [0.1, 0.15) is 0 Å². The number of rotatable bonds is 4. The summed E-state index contributed by atoms with van der Waals surface area (Å²) in [6.07, 6.45) is 3.39. The average Bonchev–Trinajstić information content (AvgIpc) is 2.47. The second-order valence-corrected chi connectivity index (χ2v) is 4.30. The van der Waals surface area contributed by atoms with Crippen molar-refractivity contribution in [3.63, 3.8) is 0 Å². The summed E-state index contributed by atoms with van der Waals surface area (Å²) >= 11 is 0. The van der Waals surface area contributed by atoms with E-state index in [0.29, 0.717) is 11.5 Å². The first-order valence-electron chi connectivity index (χ1n) is 6.06. The zero-order chi connectivity index (χ0) is 14.5. The molecule has 0 aliphatic carbocycles. The lowest BCUT2D eigenvalue weighted by Gasteiger charge is -2.09. The summed E-state index contributed by atoms with van der Waals surface area (Å²) in [5.74, 6) is 0.462. The van der Waals surface area contributed by atoms with Gasteiger partial charge < -0.3 is 5.32 Å². The molecule has 0 amide bonds. The Labute approximate surface area is 118 Å². The Kier molecular flexibility index (Phi) is 3.92. The molecule has 1 N–H and O–H groups in total. The summed E-state index contributed by atoms with van der Waals surface area (Å²) < 4.78 is 0. The highest BCUT2D eigenvalue weighted by molar-refractivity contribution is 5.69. The molecule has 0 bridgehead atoms. The molecule has 0 aliphatic rings. The molecule has 0 atom stereocenters. The Morgan fingerprint density at radius 2 is 2.25 bits per heavy atom. The summed E-state index contributed by atoms with van der Waals surface area (Å²) in [6.45, 7) is 9.52. The van der Waals surface area contributed by atoms with E-state index in [1.54, 1.807) is 30.5 Å². The summed E-state index contributed by atoms with van der Waals surface area (Å²) in [5, 5.41) is 12.0. The highest BCUT2D eigenvalue weighted by Crippen LogP contribution is 2.19. The van der Waals surface area contributed by atoms with Crippen LogP contribution in [0.15, 0.2) is 43.6 Å². The van der Waals surface area contributed by atoms with Crippen LogP contribution in [0.1, 0.15) is 23.7 Å². The quantitative estimate of drug-likeness (QED) is 0.911. The van der Waals surface area contributed by atoms with Crippen LogP contribution >= 0.6 is 0 Å². The average molecular weight is 262 g/mol. The second kappa shape index (κ2) is 5.81. The van der Waals surface area contributed by atoms with E-state index < -0.39 is 0 Å². The highest BCUT2D eigenvalue weighted by atomic mass is 15.1. The smallest absolute Gasteiger partial charge is 0.227 e. The number of aromatic nitrogens is 2. The van der Waals surface area contributed by atoms with E-state index in [-0.39, 0.29) is 0 Å². The molecule has 98 valence electrons. The lowest BCUT2D eigenvalue weighted by Crippen LogP contribution is -2.01. The van der Waals surface area contributed by atoms with Gasteiger partial charge in [-0.15, -0.1) is 0 Å². The van der Waals surface area contributed by atoms with E-state index in [1.807, 2.05) is 13.0 Å². The van der Waals surface area contributed by atoms with Gasteiger partial charge in [0, 0.05) is 17.4 Å². The Balaban J connectivity index is 2.34. The van der Waals surface area contributed by atoms with E-state index >= 15 is 0 Å². The molecule has 2 rings (SSSR count). The first kappa shape index (κ1) is 13.5. The Hall–Kier alpha value is -2.93. The van der Waals surface area contributed by atoms with Gasteiger partial charge in [-0.05, 0) is 30.7 Å². The maximum atomic E-state index is 8.88. The van der Waals surface area contributed by atoms with Gasteiger partial charge in [-0.3, -0.25) is 0 Å². The van der Waals surface area contributed by atoms with Crippen molar-refractivity contribution in [2.75, 3.05) is 5.32 Å². The number of allylic oxidation sites excluding steroid dienone is 1. The van der Waals surface area contributed by atoms with Crippen LogP contribution in [0, 0.1) is 11.3 Å². The molecule has 2 aromatic rings. The fraction of sp³-hybridized carbons (Fsp3) is 0.0625. The molecule has 4 nitrogen and oxygen atoms in total. The number of hydrogen-bond donors (Lipinski definition) is 1. The number of hydrogen-bond acceptors (Lipinski definition) is 4. The molecule has 0 unspecified atom stereocenters. The van der Waals surface area contributed by atoms with Crippen molar-refractivity contribution < 1.29 is 0 Å². The van der Waals surface area contributed by atoms with Crippen molar-refractivity contribution in [2.45, 2.75) is 6.92 Å². The van der Waals surface area contributed by atoms with Crippen molar-refractivity contribution in [1.29, 1.82) is 5.26 Å². The minimum absolute atomic E-state index is 0.462. The zero-order valence-corrected chi connectivity index (χ0v) is 11.2. The lowest BCUT2D eigenvalue weighted by atomic mass is 10.1. The maximum Gasteiger partial charge on any atom is 0.227 e. The molecule has 1 heterocycles. The standard InChI is InChI=1S/C16H14N4/c1-4-13-10-18-16(20-15(13)11(2)3)19-14-7-5-6-12(8-14)9-17/h4-8,10H,1-2H2,3H3,(H,18,19,20). The summed E-state index contributed by atoms with van der Waals surface area (Å²) in [7, 11) is 0. The molecule has 0 spiro atoms. The molecular formula is C16H14N4. The number of nitrogens with one attached hydrogen (secondary N) is 1. The fourth-order valence-electron chi connectivity index (χ4n) is 1.74. The third-order valence-electron chi connectivity index (χ3n) is 2.69. The monoisotopic (exact) mass is 262 g/mol. The highest BCUT2D eigenvalue weighted by Gasteiger charge is 2.06. The summed E-state index contributed by atoms with van der Waals surface area (Å²) in [4.78, 5) is 8.64. The third kappa shape index (κ3) is 2.90. The molecular weight excluding hydrogens is 248 g/mol. The minimum atomic E-state index is 0.462. The number of nitriles is 1. The summed E-state index contributed by atoms with van der Waals surface area (Å²) in [6, 6.07) is 9.23. The number of anilines is 2. The Morgan fingerprint density at radius 3 is 2.90 bits per heavy atom. The minimum Gasteiger partial charge on any atom is -0.324 e. The molecule has 0 saturated carbocycles. The van der Waals surface area contributed by atoms with Gasteiger partial charge in [-0.2, -0.15) is 5.26 Å². The molecule has 20 heavy (non-hydrogen) atoms. The van der Waals surface area contributed by atoms with Crippen LogP contribution in [-0.2, 0) is 0 Å². The predicted octanol–water partition coefficient (Wildman–Crippen LogP) is 3.77. The van der Waals surface area contributed by atoms with Crippen LogP contribution < -0.4 is 5.32 Å². The van der Waals surface area contributed by atoms with Gasteiger partial charge in [0.2, 0.25) is 5.95 Å². The maximum absolute atomic E-state index is 8.88. The van der Waals surface area contributed by atoms with Crippen LogP contribution in [0.25, 0.3) is 11.6 Å². The van der Waals surface area contributed by atoms with Gasteiger partial charge in [-0.25, -0.2) is 9.97 Å². The van der Waals surface area contributed by atoms with E-state index in [0.717, 1.165) is 22.5 Å². The molecule has 0 fully saturated rings. The largest absolute Gasteiger partial charge is 0.324 e. The van der Waals surface area contributed by atoms with Gasteiger partial charge >= 0.3 is 0 Å². The fourth-order valence-corrected chi connectivity index (χ4v) is 1.74. The number of benzene rings is 1. The van der Waals surface area contributed by atoms with Crippen molar-refractivity contribution in [1.82, 2.24) is 9.97 Å². The second-order valence-electron chi connectivity index (χ2n) is 4.30. The van der Waals surface area contributed by atoms with Crippen LogP contribution in [-0.4, -0.2) is 9.97 Å². The normalized spacial score (nSPS) is 9.60. The van der Waals surface area contributed by atoms with Crippen LogP contribution in [0.3, 0.4) is 0 Å². The topological polar surface area (TPSA) is 61.6 Å². The molecule has 4 heteroatoms. The van der Waals surface area contributed by atoms with Crippen molar-refractivity contribution in [3.05, 3.63) is 60.4 Å². The van der Waals surface area contributed by atoms with Crippen LogP contribution in [0.2, 0.25) is 0 Å². The Morgan fingerprint density at radius 1 is 1.45 bits per heavy atom. The first-order valence-corrected chi connectivity index (χ1v) is 6.06. The van der Waals surface area contributed by atoms with Crippen molar-refractivity contribution >= 4 is 23.3 Å². The van der Waals surface area contributed by atoms with Gasteiger partial charge in [0.05, 0.1) is 17.3 Å². The van der Waals surface area contributed by atoms with E-state index in [2.05, 4.69) is 34.5 Å². The van der Waals surface area contributed by atoms with Gasteiger partial charge in [-0.1, -0.05) is 25.3 Å². The molecule has 0 radical (unpaired) electrons. The lowest BCUT2D eigenvalue weighted by molar-refractivity contribution is 1.13. The van der Waals surface area contributed by atoms with Gasteiger partial charge in [0.25, 0.3) is 0 Å². The van der Waals surface area contributed by atoms with Gasteiger partial charge in [0.15, 0.2) is 0 Å². The molecule has 1 aromatic heterocycles. The molecule has 0 aliphatic heterocycles. The molecule has 0 saturated heterocycles. The predicted molar refractivity (Wildman–Crippen MR) is 81.3 cm³/mol. The SMILES string of the molecule is C=Cc1cnc(Nc2cccc(C#N)c2)nc1C(=C)C. The van der Waals surface area contributed by atoms with Crippen LogP contribution in [0.5, 0.6) is 0 Å². The van der Waals surface area contributed by atoms with Crippen molar-refractivity contribution in [3.8, 4) is 6.07 Å². The zero-order valence-electron chi connectivity index (χ0n) is 11.2. The van der Waals surface area contributed by atoms with E-state index in [1.165, 1.54) is 0 Å². The van der Waals surface area contributed by atoms with E-state index in [9.17, 15) is 0 Å². The van der Waals surface area contributed by atoms with Crippen molar-refractivity contribution in [2.24, 2.45) is 0 Å². The number of nitrogens with zero attached hydrogens (tertiary/aromatic N) is 3. The molecule has 1 aromatic carbocycles. The Bertz CT molecular complexity index is 711.